The smallest absolute Gasteiger partial charge is 0.217 e. The maximum Gasteiger partial charge on any atom is 0.217 e. The molecular formula is C30H32BrN3O4. The molecule has 0 saturated heterocycles. The molecule has 2 aromatic carbocycles. The minimum Gasteiger partial charge on any atom is -0.493 e. The number of ether oxygens (including phenoxy) is 4. The first-order valence-corrected chi connectivity index (χ1v) is 13.5. The number of pyridine rings is 2. The Morgan fingerprint density at radius 1 is 0.947 bits per heavy atom. The van der Waals surface area contributed by atoms with Crippen molar-refractivity contribution in [3.05, 3.63) is 81.3 Å². The second kappa shape index (κ2) is 11.6. The van der Waals surface area contributed by atoms with Crippen LogP contribution in [0, 0.1) is 0 Å². The fraction of sp³-hybridized carbons (Fsp3) is 0.333. The summed E-state index contributed by atoms with van der Waals surface area (Å²) in [5.74, 6) is 2.25. The number of hydrogen-bond donors (Lipinski definition) is 1. The highest BCUT2D eigenvalue weighted by Crippen LogP contribution is 2.49. The molecule has 5 rings (SSSR count). The van der Waals surface area contributed by atoms with Crippen molar-refractivity contribution in [2.24, 2.45) is 5.73 Å². The first kappa shape index (κ1) is 26.3. The van der Waals surface area contributed by atoms with Gasteiger partial charge in [-0.15, -0.1) is 0 Å². The average molecular weight is 579 g/mol. The fourth-order valence-electron chi connectivity index (χ4n) is 5.42. The van der Waals surface area contributed by atoms with Crippen molar-refractivity contribution in [3.8, 4) is 23.4 Å². The number of aromatic nitrogens is 2. The Labute approximate surface area is 231 Å². The Bertz CT molecular complexity index is 1420. The van der Waals surface area contributed by atoms with Gasteiger partial charge in [-0.25, -0.2) is 4.98 Å². The van der Waals surface area contributed by atoms with E-state index in [4.69, 9.17) is 29.7 Å². The third kappa shape index (κ3) is 5.15. The lowest BCUT2D eigenvalue weighted by atomic mass is 9.74. The van der Waals surface area contributed by atoms with Crippen molar-refractivity contribution in [2.75, 3.05) is 34.5 Å². The molecule has 8 heteroatoms. The van der Waals surface area contributed by atoms with E-state index in [-0.39, 0.29) is 11.8 Å². The van der Waals surface area contributed by atoms with Crippen LogP contribution in [-0.2, 0) is 6.42 Å². The summed E-state index contributed by atoms with van der Waals surface area (Å²) < 4.78 is 24.3. The predicted octanol–water partition coefficient (Wildman–Crippen LogP) is 6.01. The van der Waals surface area contributed by atoms with Gasteiger partial charge in [-0.3, -0.25) is 0 Å². The van der Waals surface area contributed by atoms with Gasteiger partial charge in [0.2, 0.25) is 17.6 Å². The number of aryl methyl sites for hydroxylation is 1. The van der Waals surface area contributed by atoms with E-state index in [0.717, 1.165) is 50.7 Å². The number of nitrogens with two attached hydrogens (primary N) is 1. The van der Waals surface area contributed by atoms with Gasteiger partial charge in [-0.1, -0.05) is 34.1 Å². The van der Waals surface area contributed by atoms with Gasteiger partial charge in [0, 0.05) is 39.0 Å². The standard InChI is InChI=1S/C30H32BrN3O4/c1-35-26-16-19(17-27(34-26)36-2)22(11-12-32)28(23-8-4-6-18-7-5-13-38-29(18)23)24-15-20-14-21(31)9-10-25(20)33-30(24)37-3/h4,6,8-10,14-17,22,28H,5,7,11-13,32H2,1-3H3/t22-,28?/m0/s1. The summed E-state index contributed by atoms with van der Waals surface area (Å²) in [6, 6.07) is 18.6. The van der Waals surface area contributed by atoms with Crippen molar-refractivity contribution in [2.45, 2.75) is 31.1 Å². The predicted molar refractivity (Wildman–Crippen MR) is 152 cm³/mol. The summed E-state index contributed by atoms with van der Waals surface area (Å²) in [6.07, 6.45) is 2.68. The van der Waals surface area contributed by atoms with E-state index in [0.29, 0.717) is 37.2 Å². The normalized spacial score (nSPS) is 14.3. The first-order chi connectivity index (χ1) is 18.6. The first-order valence-electron chi connectivity index (χ1n) is 12.7. The van der Waals surface area contributed by atoms with Crippen LogP contribution in [0.1, 0.15) is 46.9 Å². The zero-order valence-electron chi connectivity index (χ0n) is 21.9. The van der Waals surface area contributed by atoms with Gasteiger partial charge in [0.1, 0.15) is 5.75 Å². The molecule has 0 spiro atoms. The zero-order valence-corrected chi connectivity index (χ0v) is 23.5. The monoisotopic (exact) mass is 577 g/mol. The van der Waals surface area contributed by atoms with Crippen LogP contribution in [-0.4, -0.2) is 44.4 Å². The van der Waals surface area contributed by atoms with Crippen molar-refractivity contribution in [1.82, 2.24) is 9.97 Å². The molecule has 0 saturated carbocycles. The van der Waals surface area contributed by atoms with Crippen molar-refractivity contribution in [3.63, 3.8) is 0 Å². The molecule has 1 unspecified atom stereocenters. The molecule has 3 heterocycles. The van der Waals surface area contributed by atoms with E-state index >= 15 is 0 Å². The van der Waals surface area contributed by atoms with Gasteiger partial charge in [-0.2, -0.15) is 4.98 Å². The lowest BCUT2D eigenvalue weighted by molar-refractivity contribution is 0.282. The van der Waals surface area contributed by atoms with Crippen LogP contribution in [0.3, 0.4) is 0 Å². The number of nitrogens with zero attached hydrogens (tertiary/aromatic N) is 2. The lowest BCUT2D eigenvalue weighted by Crippen LogP contribution is -2.21. The van der Waals surface area contributed by atoms with E-state index in [9.17, 15) is 0 Å². The lowest BCUT2D eigenvalue weighted by Gasteiger charge is -2.32. The molecule has 0 radical (unpaired) electrons. The van der Waals surface area contributed by atoms with Gasteiger partial charge in [-0.05, 0) is 67.1 Å². The molecular weight excluding hydrogens is 546 g/mol. The molecule has 2 atom stereocenters. The molecule has 0 fully saturated rings. The van der Waals surface area contributed by atoms with Crippen molar-refractivity contribution >= 4 is 26.8 Å². The van der Waals surface area contributed by atoms with Gasteiger partial charge in [0.25, 0.3) is 0 Å². The van der Waals surface area contributed by atoms with Gasteiger partial charge in [0.05, 0.1) is 33.5 Å². The number of benzene rings is 2. The molecule has 7 nitrogen and oxygen atoms in total. The van der Waals surface area contributed by atoms with Crippen LogP contribution in [0.25, 0.3) is 10.9 Å². The highest BCUT2D eigenvalue weighted by Gasteiger charge is 2.34. The van der Waals surface area contributed by atoms with E-state index in [1.54, 1.807) is 21.3 Å². The summed E-state index contributed by atoms with van der Waals surface area (Å²) in [5.41, 5.74) is 11.4. The minimum atomic E-state index is -0.172. The molecule has 0 aliphatic carbocycles. The molecule has 0 amide bonds. The van der Waals surface area contributed by atoms with Crippen molar-refractivity contribution < 1.29 is 18.9 Å². The van der Waals surface area contributed by atoms with Gasteiger partial charge in [0.15, 0.2) is 0 Å². The molecule has 2 aromatic heterocycles. The van der Waals surface area contributed by atoms with Crippen LogP contribution in [0.4, 0.5) is 0 Å². The van der Waals surface area contributed by atoms with Crippen LogP contribution < -0.4 is 24.7 Å². The summed E-state index contributed by atoms with van der Waals surface area (Å²) in [5, 5.41) is 1.02. The van der Waals surface area contributed by atoms with Gasteiger partial charge >= 0.3 is 0 Å². The summed E-state index contributed by atoms with van der Waals surface area (Å²) in [6.45, 7) is 1.17. The fourth-order valence-corrected chi connectivity index (χ4v) is 5.80. The van der Waals surface area contributed by atoms with Gasteiger partial charge < -0.3 is 24.7 Å². The number of hydrogen-bond acceptors (Lipinski definition) is 7. The second-order valence-corrected chi connectivity index (χ2v) is 10.3. The third-order valence-corrected chi connectivity index (χ3v) is 7.62. The Morgan fingerprint density at radius 2 is 1.74 bits per heavy atom. The largest absolute Gasteiger partial charge is 0.493 e. The Balaban J connectivity index is 1.80. The second-order valence-electron chi connectivity index (χ2n) is 9.36. The topological polar surface area (TPSA) is 88.7 Å². The third-order valence-electron chi connectivity index (χ3n) is 7.12. The Morgan fingerprint density at radius 3 is 2.45 bits per heavy atom. The van der Waals surface area contributed by atoms with Crippen LogP contribution in [0.5, 0.6) is 23.4 Å². The Kier molecular flexibility index (Phi) is 8.00. The highest BCUT2D eigenvalue weighted by atomic mass is 79.9. The zero-order chi connectivity index (χ0) is 26.6. The Hall–Kier alpha value is -3.36. The number of fused-ring (bicyclic) bond motifs is 2. The van der Waals surface area contributed by atoms with E-state index in [1.807, 2.05) is 24.3 Å². The van der Waals surface area contributed by atoms with Crippen LogP contribution in [0.15, 0.2) is 59.1 Å². The number of para-hydroxylation sites is 1. The summed E-state index contributed by atoms with van der Waals surface area (Å²) >= 11 is 3.62. The molecule has 1 aliphatic rings. The maximum atomic E-state index is 6.33. The van der Waals surface area contributed by atoms with E-state index in [2.05, 4.69) is 51.2 Å². The molecule has 2 N–H and O–H groups in total. The number of methoxy groups -OCH3 is 3. The summed E-state index contributed by atoms with van der Waals surface area (Å²) in [7, 11) is 4.88. The molecule has 1 aliphatic heterocycles. The average Bonchev–Trinajstić information content (AvgIpc) is 2.96. The maximum absolute atomic E-state index is 6.33. The molecule has 38 heavy (non-hydrogen) atoms. The van der Waals surface area contributed by atoms with Crippen LogP contribution >= 0.6 is 15.9 Å². The quantitative estimate of drug-likeness (QED) is 0.260. The van der Waals surface area contributed by atoms with E-state index < -0.39 is 0 Å². The highest BCUT2D eigenvalue weighted by molar-refractivity contribution is 9.10. The molecule has 198 valence electrons. The number of halogens is 1. The van der Waals surface area contributed by atoms with Crippen LogP contribution in [0.2, 0.25) is 0 Å². The SMILES string of the molecule is COc1cc([C@H](CCN)C(c2cc3cc(Br)ccc3nc2OC)c2cccc3c2OCCC3)cc(OC)n1. The number of rotatable bonds is 9. The van der Waals surface area contributed by atoms with Crippen molar-refractivity contribution in [1.29, 1.82) is 0 Å². The van der Waals surface area contributed by atoms with E-state index in [1.165, 1.54) is 5.56 Å². The summed E-state index contributed by atoms with van der Waals surface area (Å²) in [4.78, 5) is 9.35. The molecule has 4 aromatic rings. The minimum absolute atomic E-state index is 0.0665. The molecule has 0 bridgehead atoms.